The van der Waals surface area contributed by atoms with E-state index < -0.39 is 0 Å². The lowest BCUT2D eigenvalue weighted by atomic mass is 9.61. The van der Waals surface area contributed by atoms with E-state index in [0.29, 0.717) is 0 Å². The van der Waals surface area contributed by atoms with E-state index in [2.05, 4.69) is 232 Å². The second-order valence-corrected chi connectivity index (χ2v) is 16.5. The zero-order chi connectivity index (χ0) is 38.3. The number of benzene rings is 8. The van der Waals surface area contributed by atoms with Crippen LogP contribution in [0.15, 0.2) is 194 Å². The van der Waals surface area contributed by atoms with Crippen LogP contribution in [-0.4, -0.2) is 0 Å². The minimum atomic E-state index is 0.127. The van der Waals surface area contributed by atoms with Crippen molar-refractivity contribution in [3.63, 3.8) is 0 Å². The molecule has 0 aromatic heterocycles. The molecular formula is C54H48N2. The van der Waals surface area contributed by atoms with Crippen LogP contribution in [0, 0.1) is 0 Å². The molecule has 1 aliphatic rings. The maximum atomic E-state index is 2.42. The molecule has 0 unspecified atom stereocenters. The number of fused-ring (bicyclic) bond motifs is 2. The summed E-state index contributed by atoms with van der Waals surface area (Å²) >= 11 is 0. The second kappa shape index (κ2) is 14.4. The number of nitrogens with zero attached hydrogens (tertiary/aromatic N) is 2. The smallest absolute Gasteiger partial charge is 0.0468 e. The van der Waals surface area contributed by atoms with Gasteiger partial charge in [0.25, 0.3) is 0 Å². The summed E-state index contributed by atoms with van der Waals surface area (Å²) in [6.45, 7) is 9.64. The number of rotatable bonds is 8. The molecule has 0 N–H and O–H groups in total. The molecule has 0 amide bonds. The Morgan fingerprint density at radius 3 is 1.43 bits per heavy atom. The normalized spacial score (nSPS) is 14.2. The third kappa shape index (κ3) is 6.66. The van der Waals surface area contributed by atoms with Gasteiger partial charge in [0.2, 0.25) is 0 Å². The van der Waals surface area contributed by atoms with Gasteiger partial charge in [-0.05, 0) is 141 Å². The summed E-state index contributed by atoms with van der Waals surface area (Å²) in [7, 11) is 0. The van der Waals surface area contributed by atoms with Crippen LogP contribution in [0.25, 0.3) is 33.0 Å². The van der Waals surface area contributed by atoms with E-state index in [-0.39, 0.29) is 10.8 Å². The van der Waals surface area contributed by atoms with Gasteiger partial charge in [0.1, 0.15) is 0 Å². The van der Waals surface area contributed by atoms with Gasteiger partial charge in [-0.3, -0.25) is 0 Å². The summed E-state index contributed by atoms with van der Waals surface area (Å²) in [5.41, 5.74) is 15.0. The Bertz CT molecular complexity index is 2640. The fourth-order valence-corrected chi connectivity index (χ4v) is 8.77. The van der Waals surface area contributed by atoms with Gasteiger partial charge in [-0.25, -0.2) is 0 Å². The SMILES string of the molecule is CC1(C)CCC(C)(C)c2c(-c3ccc(N(c4ccccc4)c4cccc(-c5cccc(N(c6ccccc6)c6ccc7ccccc7c6)c5)c4)cc3)cccc21. The molecule has 0 saturated heterocycles. The van der Waals surface area contributed by atoms with Crippen molar-refractivity contribution in [3.05, 3.63) is 205 Å². The molecule has 56 heavy (non-hydrogen) atoms. The highest BCUT2D eigenvalue weighted by Crippen LogP contribution is 2.50. The topological polar surface area (TPSA) is 6.48 Å². The summed E-state index contributed by atoms with van der Waals surface area (Å²) in [6, 6.07) is 70.6. The van der Waals surface area contributed by atoms with E-state index in [4.69, 9.17) is 0 Å². The lowest BCUT2D eigenvalue weighted by Gasteiger charge is -2.43. The van der Waals surface area contributed by atoms with Crippen molar-refractivity contribution in [2.45, 2.75) is 51.4 Å². The Hall–Kier alpha value is -6.38. The summed E-state index contributed by atoms with van der Waals surface area (Å²) in [6.07, 6.45) is 2.40. The molecule has 8 aromatic rings. The van der Waals surface area contributed by atoms with Crippen molar-refractivity contribution in [2.24, 2.45) is 0 Å². The first-order chi connectivity index (χ1) is 27.2. The van der Waals surface area contributed by atoms with Crippen molar-refractivity contribution in [2.75, 3.05) is 9.80 Å². The molecule has 0 heterocycles. The van der Waals surface area contributed by atoms with Crippen LogP contribution >= 0.6 is 0 Å². The fourth-order valence-electron chi connectivity index (χ4n) is 8.77. The van der Waals surface area contributed by atoms with E-state index in [1.54, 1.807) is 0 Å². The quantitative estimate of drug-likeness (QED) is 0.154. The molecule has 1 aliphatic carbocycles. The molecule has 0 bridgehead atoms. The summed E-state index contributed by atoms with van der Waals surface area (Å²) in [4.78, 5) is 4.72. The van der Waals surface area contributed by atoms with Crippen molar-refractivity contribution in [1.82, 2.24) is 0 Å². The molecule has 2 heteroatoms. The van der Waals surface area contributed by atoms with Crippen LogP contribution in [0.3, 0.4) is 0 Å². The maximum Gasteiger partial charge on any atom is 0.0468 e. The Kier molecular flexibility index (Phi) is 9.06. The summed E-state index contributed by atoms with van der Waals surface area (Å²) < 4.78 is 0. The van der Waals surface area contributed by atoms with Crippen LogP contribution in [-0.2, 0) is 10.8 Å². The van der Waals surface area contributed by atoms with E-state index in [1.807, 2.05) is 0 Å². The number of hydrogen-bond acceptors (Lipinski definition) is 2. The molecule has 0 spiro atoms. The summed E-state index contributed by atoms with van der Waals surface area (Å²) in [5, 5.41) is 2.46. The number of para-hydroxylation sites is 2. The van der Waals surface area contributed by atoms with Crippen molar-refractivity contribution in [3.8, 4) is 22.3 Å². The second-order valence-electron chi connectivity index (χ2n) is 16.5. The first-order valence-electron chi connectivity index (χ1n) is 19.9. The van der Waals surface area contributed by atoms with Crippen molar-refractivity contribution >= 4 is 44.9 Å². The van der Waals surface area contributed by atoms with Crippen LogP contribution in [0.1, 0.15) is 51.7 Å². The number of anilines is 6. The molecule has 0 atom stereocenters. The van der Waals surface area contributed by atoms with Gasteiger partial charge in [0, 0.05) is 34.1 Å². The largest absolute Gasteiger partial charge is 0.310 e. The maximum absolute atomic E-state index is 2.42. The zero-order valence-electron chi connectivity index (χ0n) is 32.8. The van der Waals surface area contributed by atoms with Crippen LogP contribution in [0.2, 0.25) is 0 Å². The van der Waals surface area contributed by atoms with Gasteiger partial charge < -0.3 is 9.80 Å². The lowest BCUT2D eigenvalue weighted by molar-refractivity contribution is 0.333. The average molecular weight is 725 g/mol. The standard InChI is InChI=1S/C54H48N2/c1-53(2)34-35-54(3,4)52-50(26-15-27-51(52)53)40-29-31-46(32-30-40)55(44-20-7-5-8-21-44)47-24-13-18-42(37-47)43-19-14-25-48(38-43)56(45-22-9-6-10-23-45)49-33-28-39-16-11-12-17-41(39)36-49/h5-33,36-38H,34-35H2,1-4H3. The molecule has 0 aliphatic heterocycles. The van der Waals surface area contributed by atoms with Gasteiger partial charge in [-0.15, -0.1) is 0 Å². The Morgan fingerprint density at radius 2 is 0.804 bits per heavy atom. The van der Waals surface area contributed by atoms with Gasteiger partial charge in [-0.1, -0.05) is 149 Å². The molecular weight excluding hydrogens is 677 g/mol. The van der Waals surface area contributed by atoms with Crippen molar-refractivity contribution < 1.29 is 0 Å². The number of hydrogen-bond donors (Lipinski definition) is 0. The van der Waals surface area contributed by atoms with Crippen molar-refractivity contribution in [1.29, 1.82) is 0 Å². The summed E-state index contributed by atoms with van der Waals surface area (Å²) in [5.74, 6) is 0. The van der Waals surface area contributed by atoms with Gasteiger partial charge in [0.15, 0.2) is 0 Å². The van der Waals surface area contributed by atoms with Gasteiger partial charge in [-0.2, -0.15) is 0 Å². The average Bonchev–Trinajstić information content (AvgIpc) is 3.24. The van der Waals surface area contributed by atoms with Crippen LogP contribution in [0.4, 0.5) is 34.1 Å². The van der Waals surface area contributed by atoms with E-state index in [9.17, 15) is 0 Å². The highest BCUT2D eigenvalue weighted by Gasteiger charge is 2.38. The van der Waals surface area contributed by atoms with E-state index >= 15 is 0 Å². The molecule has 0 saturated carbocycles. The van der Waals surface area contributed by atoms with Gasteiger partial charge >= 0.3 is 0 Å². The molecule has 274 valence electrons. The van der Waals surface area contributed by atoms with Crippen LogP contribution < -0.4 is 9.80 Å². The zero-order valence-corrected chi connectivity index (χ0v) is 32.8. The molecule has 0 radical (unpaired) electrons. The predicted molar refractivity (Wildman–Crippen MR) is 239 cm³/mol. The van der Waals surface area contributed by atoms with Gasteiger partial charge in [0.05, 0.1) is 0 Å². The third-order valence-electron chi connectivity index (χ3n) is 11.8. The first kappa shape index (κ1) is 35.3. The Morgan fingerprint density at radius 1 is 0.339 bits per heavy atom. The monoisotopic (exact) mass is 724 g/mol. The first-order valence-corrected chi connectivity index (χ1v) is 19.9. The van der Waals surface area contributed by atoms with E-state index in [1.165, 1.54) is 45.9 Å². The molecule has 8 aromatic carbocycles. The molecule has 9 rings (SSSR count). The predicted octanol–water partition coefficient (Wildman–Crippen LogP) is 15.5. The highest BCUT2D eigenvalue weighted by molar-refractivity contribution is 5.90. The van der Waals surface area contributed by atoms with E-state index in [0.717, 1.165) is 45.3 Å². The Balaban J connectivity index is 1.10. The Labute approximate surface area is 332 Å². The van der Waals surface area contributed by atoms with Crippen LogP contribution in [0.5, 0.6) is 0 Å². The molecule has 0 fully saturated rings. The highest BCUT2D eigenvalue weighted by atomic mass is 15.1. The minimum Gasteiger partial charge on any atom is -0.310 e. The third-order valence-corrected chi connectivity index (χ3v) is 11.8. The fraction of sp³-hybridized carbons (Fsp3) is 0.148. The minimum absolute atomic E-state index is 0.127. The molecule has 2 nitrogen and oxygen atoms in total. The lowest BCUT2D eigenvalue weighted by Crippen LogP contribution is -2.34.